The molecule has 1 saturated heterocycles. The Kier molecular flexibility index (Phi) is 4.19. The van der Waals surface area contributed by atoms with Crippen LogP contribution in [0.3, 0.4) is 0 Å². The minimum Gasteiger partial charge on any atom is -0.478 e. The Bertz CT molecular complexity index is 734. The lowest BCUT2D eigenvalue weighted by Gasteiger charge is -2.33. The topological polar surface area (TPSA) is 70.8 Å². The van der Waals surface area contributed by atoms with Crippen molar-refractivity contribution in [3.05, 3.63) is 41.7 Å². The summed E-state index contributed by atoms with van der Waals surface area (Å²) in [6.07, 6.45) is 2.88. The second kappa shape index (κ2) is 6.28. The summed E-state index contributed by atoms with van der Waals surface area (Å²) in [6.45, 7) is 3.93. The summed E-state index contributed by atoms with van der Waals surface area (Å²) in [7, 11) is 0. The number of carbonyl (C=O) groups is 2. The van der Waals surface area contributed by atoms with E-state index in [1.165, 1.54) is 6.42 Å². The van der Waals surface area contributed by atoms with Gasteiger partial charge >= 0.3 is 5.97 Å². The molecule has 120 valence electrons. The summed E-state index contributed by atoms with van der Waals surface area (Å²) >= 11 is 0. The van der Waals surface area contributed by atoms with Gasteiger partial charge in [0.05, 0.1) is 11.3 Å². The summed E-state index contributed by atoms with van der Waals surface area (Å²) in [5.41, 5.74) is 1.67. The van der Waals surface area contributed by atoms with Gasteiger partial charge in [-0.1, -0.05) is 6.92 Å². The molecule has 1 aliphatic heterocycles. The summed E-state index contributed by atoms with van der Waals surface area (Å²) in [5, 5.41) is 9.57. The maximum atomic E-state index is 11.7. The normalized spacial score (nSPS) is 18.0. The number of carboxylic acids is 1. The molecule has 1 fully saturated rings. The van der Waals surface area contributed by atoms with Crippen molar-refractivity contribution in [2.45, 2.75) is 19.8 Å². The molecule has 1 unspecified atom stereocenters. The Morgan fingerprint density at radius 3 is 2.83 bits per heavy atom. The molecule has 0 aliphatic carbocycles. The Balaban J connectivity index is 1.98. The van der Waals surface area contributed by atoms with Gasteiger partial charge in [-0.2, -0.15) is 0 Å². The van der Waals surface area contributed by atoms with Gasteiger partial charge in [-0.3, -0.25) is 4.79 Å². The van der Waals surface area contributed by atoms with Gasteiger partial charge in [0.2, 0.25) is 0 Å². The van der Waals surface area contributed by atoms with E-state index in [0.717, 1.165) is 25.2 Å². The van der Waals surface area contributed by atoms with Gasteiger partial charge in [-0.05, 0) is 49.1 Å². The highest BCUT2D eigenvalue weighted by Crippen LogP contribution is 2.31. The Morgan fingerprint density at radius 2 is 2.17 bits per heavy atom. The molecule has 0 amide bonds. The highest BCUT2D eigenvalue weighted by molar-refractivity contribution is 5.96. The molecular formula is C18H19NO4. The van der Waals surface area contributed by atoms with Gasteiger partial charge in [0.25, 0.3) is 0 Å². The third kappa shape index (κ3) is 3.13. The predicted octanol–water partition coefficient (Wildman–Crippen LogP) is 3.69. The second-order valence-corrected chi connectivity index (χ2v) is 6.05. The molecule has 0 bridgehead atoms. The molecule has 3 rings (SSSR count). The van der Waals surface area contributed by atoms with E-state index in [2.05, 4.69) is 11.8 Å². The Hall–Kier alpha value is -2.56. The van der Waals surface area contributed by atoms with E-state index < -0.39 is 5.97 Å². The number of benzene rings is 1. The summed E-state index contributed by atoms with van der Waals surface area (Å²) in [4.78, 5) is 24.5. The lowest BCUT2D eigenvalue weighted by atomic mass is 9.98. The zero-order valence-corrected chi connectivity index (χ0v) is 13.0. The van der Waals surface area contributed by atoms with Crippen LogP contribution in [0.4, 0.5) is 5.69 Å². The van der Waals surface area contributed by atoms with Crippen LogP contribution in [0.2, 0.25) is 0 Å². The van der Waals surface area contributed by atoms with Gasteiger partial charge in [0.1, 0.15) is 5.76 Å². The van der Waals surface area contributed by atoms with Crippen molar-refractivity contribution in [1.29, 1.82) is 0 Å². The van der Waals surface area contributed by atoms with Gasteiger partial charge < -0.3 is 14.4 Å². The van der Waals surface area contributed by atoms with Crippen molar-refractivity contribution in [3.8, 4) is 11.3 Å². The fraction of sp³-hybridized carbons (Fsp3) is 0.333. The maximum absolute atomic E-state index is 11.7. The van der Waals surface area contributed by atoms with Crippen molar-refractivity contribution in [2.75, 3.05) is 18.0 Å². The van der Waals surface area contributed by atoms with Crippen LogP contribution in [0.5, 0.6) is 0 Å². The minimum atomic E-state index is -0.956. The van der Waals surface area contributed by atoms with Crippen molar-refractivity contribution >= 4 is 17.9 Å². The molecule has 23 heavy (non-hydrogen) atoms. The molecule has 0 saturated carbocycles. The number of hydrogen-bond donors (Lipinski definition) is 1. The quantitative estimate of drug-likeness (QED) is 0.872. The van der Waals surface area contributed by atoms with Gasteiger partial charge in [-0.25, -0.2) is 4.79 Å². The number of rotatable bonds is 4. The van der Waals surface area contributed by atoms with Gasteiger partial charge in [-0.15, -0.1) is 0 Å². The third-order valence-electron chi connectivity index (χ3n) is 4.25. The molecule has 2 heterocycles. The van der Waals surface area contributed by atoms with Crippen molar-refractivity contribution in [3.63, 3.8) is 0 Å². The average molecular weight is 313 g/mol. The first-order chi connectivity index (χ1) is 11.1. The number of carboxylic acid groups (broad SMARTS) is 1. The highest BCUT2D eigenvalue weighted by Gasteiger charge is 2.22. The number of nitrogens with zero attached hydrogens (tertiary/aromatic N) is 1. The molecule has 2 aromatic rings. The van der Waals surface area contributed by atoms with Crippen molar-refractivity contribution < 1.29 is 19.1 Å². The van der Waals surface area contributed by atoms with Crippen LogP contribution in [0.15, 0.2) is 34.7 Å². The molecule has 1 N–H and O–H groups in total. The van der Waals surface area contributed by atoms with Crippen LogP contribution in [0, 0.1) is 5.92 Å². The van der Waals surface area contributed by atoms with E-state index in [9.17, 15) is 14.7 Å². The average Bonchev–Trinajstić information content (AvgIpc) is 3.03. The number of carbonyl (C=O) groups excluding carboxylic acids is 1. The number of aldehydes is 1. The molecular weight excluding hydrogens is 294 g/mol. The van der Waals surface area contributed by atoms with Crippen molar-refractivity contribution in [2.24, 2.45) is 5.92 Å². The zero-order chi connectivity index (χ0) is 16.4. The fourth-order valence-electron chi connectivity index (χ4n) is 3.12. The van der Waals surface area contributed by atoms with E-state index in [1.807, 2.05) is 12.1 Å². The molecule has 1 aromatic carbocycles. The van der Waals surface area contributed by atoms with E-state index in [0.29, 0.717) is 23.5 Å². The molecule has 5 heteroatoms. The number of hydrogen-bond acceptors (Lipinski definition) is 4. The third-order valence-corrected chi connectivity index (χ3v) is 4.25. The van der Waals surface area contributed by atoms with Crippen LogP contribution >= 0.6 is 0 Å². The first kappa shape index (κ1) is 15.3. The van der Waals surface area contributed by atoms with E-state index in [4.69, 9.17) is 4.42 Å². The molecule has 1 aliphatic rings. The second-order valence-electron chi connectivity index (χ2n) is 6.05. The van der Waals surface area contributed by atoms with Crippen LogP contribution in [0.1, 0.15) is 40.7 Å². The van der Waals surface area contributed by atoms with E-state index >= 15 is 0 Å². The van der Waals surface area contributed by atoms with Gasteiger partial charge in [0, 0.05) is 18.7 Å². The summed E-state index contributed by atoms with van der Waals surface area (Å²) in [5.74, 6) is 0.325. The SMILES string of the molecule is CC1CCCN(c2ccc(-c3ccc(C=O)o3)cc2C(=O)O)C1. The van der Waals surface area contributed by atoms with Crippen molar-refractivity contribution in [1.82, 2.24) is 0 Å². The predicted molar refractivity (Wildman–Crippen MR) is 87.1 cm³/mol. The molecule has 1 atom stereocenters. The lowest BCUT2D eigenvalue weighted by Crippen LogP contribution is -2.35. The van der Waals surface area contributed by atoms with E-state index in [-0.39, 0.29) is 11.3 Å². The summed E-state index contributed by atoms with van der Waals surface area (Å²) in [6, 6.07) is 8.54. The Labute approximate surface area is 134 Å². The molecule has 0 spiro atoms. The standard InChI is InChI=1S/C18H19NO4/c1-12-3-2-8-19(10-12)16-6-4-13(9-15(16)18(21)22)17-7-5-14(11-20)23-17/h4-7,9,11-12H,2-3,8,10H2,1H3,(H,21,22). The highest BCUT2D eigenvalue weighted by atomic mass is 16.4. The minimum absolute atomic E-state index is 0.228. The van der Waals surface area contributed by atoms with Crippen LogP contribution < -0.4 is 4.90 Å². The molecule has 5 nitrogen and oxygen atoms in total. The van der Waals surface area contributed by atoms with Crippen LogP contribution in [-0.2, 0) is 0 Å². The lowest BCUT2D eigenvalue weighted by molar-refractivity contribution is 0.0697. The maximum Gasteiger partial charge on any atom is 0.337 e. The monoisotopic (exact) mass is 313 g/mol. The molecule has 0 radical (unpaired) electrons. The first-order valence-corrected chi connectivity index (χ1v) is 7.76. The largest absolute Gasteiger partial charge is 0.478 e. The summed E-state index contributed by atoms with van der Waals surface area (Å²) < 4.78 is 5.38. The smallest absolute Gasteiger partial charge is 0.337 e. The molecule has 1 aromatic heterocycles. The number of aromatic carboxylic acids is 1. The first-order valence-electron chi connectivity index (χ1n) is 7.76. The van der Waals surface area contributed by atoms with E-state index in [1.54, 1.807) is 18.2 Å². The number of furan rings is 1. The fourth-order valence-corrected chi connectivity index (χ4v) is 3.12. The van der Waals surface area contributed by atoms with Crippen LogP contribution in [0.25, 0.3) is 11.3 Å². The van der Waals surface area contributed by atoms with Gasteiger partial charge in [0.15, 0.2) is 12.0 Å². The number of piperidine rings is 1. The number of anilines is 1. The Morgan fingerprint density at radius 1 is 1.35 bits per heavy atom. The van der Waals surface area contributed by atoms with Crippen LogP contribution in [-0.4, -0.2) is 30.5 Å². The zero-order valence-electron chi connectivity index (χ0n) is 13.0.